The number of nitrogens with zero attached hydrogens (tertiary/aromatic N) is 3. The first-order valence-electron chi connectivity index (χ1n) is 14.7. The van der Waals surface area contributed by atoms with Crippen molar-refractivity contribution in [2.75, 3.05) is 7.11 Å². The first-order chi connectivity index (χ1) is 22.0. The molecule has 0 aliphatic rings. The highest BCUT2D eigenvalue weighted by atomic mass is 16.5. The van der Waals surface area contributed by atoms with Crippen molar-refractivity contribution in [1.82, 2.24) is 14.1 Å². The zero-order valence-electron chi connectivity index (χ0n) is 25.2. The van der Waals surface area contributed by atoms with Crippen LogP contribution in [0.25, 0.3) is 16.7 Å². The fraction of sp³-hybridized carbons (Fsp3) is 0.162. The second kappa shape index (κ2) is 13.3. The van der Waals surface area contributed by atoms with Crippen LogP contribution in [0.2, 0.25) is 0 Å². The molecule has 4 aromatic carbocycles. The number of carbonyl (C=O) groups excluding carboxylic acids is 1. The molecule has 0 radical (unpaired) electrons. The Morgan fingerprint density at radius 3 is 1.98 bits per heavy atom. The van der Waals surface area contributed by atoms with Crippen molar-refractivity contribution in [1.29, 1.82) is 0 Å². The zero-order chi connectivity index (χ0) is 31.2. The molecule has 0 bridgehead atoms. The van der Waals surface area contributed by atoms with Gasteiger partial charge in [0.1, 0.15) is 18.9 Å². The second-order valence-corrected chi connectivity index (χ2v) is 10.8. The Labute approximate surface area is 261 Å². The fourth-order valence-corrected chi connectivity index (χ4v) is 5.21. The van der Waals surface area contributed by atoms with Gasteiger partial charge in [-0.15, -0.1) is 0 Å². The smallest absolute Gasteiger partial charge is 0.333 e. The Hall–Kier alpha value is -5.63. The van der Waals surface area contributed by atoms with Crippen LogP contribution < -0.4 is 15.2 Å². The Balaban J connectivity index is 1.31. The van der Waals surface area contributed by atoms with Crippen molar-refractivity contribution >= 4 is 17.0 Å². The van der Waals surface area contributed by atoms with Gasteiger partial charge in [-0.1, -0.05) is 91.0 Å². The normalized spacial score (nSPS) is 11.0. The lowest BCUT2D eigenvalue weighted by Crippen LogP contribution is -2.21. The Bertz CT molecular complexity index is 1980. The third-order valence-corrected chi connectivity index (χ3v) is 7.63. The molecule has 0 unspecified atom stereocenters. The molecular weight excluding hydrogens is 566 g/mol. The van der Waals surface area contributed by atoms with Crippen molar-refractivity contribution in [3.63, 3.8) is 0 Å². The molecule has 226 valence electrons. The molecule has 2 heterocycles. The average molecular weight is 600 g/mol. The van der Waals surface area contributed by atoms with Gasteiger partial charge in [0.2, 0.25) is 11.8 Å². The predicted octanol–water partition coefficient (Wildman–Crippen LogP) is 6.19. The number of pyridine rings is 1. The van der Waals surface area contributed by atoms with E-state index in [1.807, 2.05) is 109 Å². The number of methoxy groups -OCH3 is 1. The topological polar surface area (TPSA) is 84.6 Å². The minimum absolute atomic E-state index is 0.210. The number of esters is 1. The molecule has 6 rings (SSSR count). The van der Waals surface area contributed by atoms with Crippen LogP contribution in [0.4, 0.5) is 0 Å². The highest BCUT2D eigenvalue weighted by Gasteiger charge is 2.19. The van der Waals surface area contributed by atoms with E-state index in [0.717, 1.165) is 38.9 Å². The molecule has 6 aromatic rings. The quantitative estimate of drug-likeness (QED) is 0.165. The van der Waals surface area contributed by atoms with E-state index in [1.165, 1.54) is 7.11 Å². The number of carbonyl (C=O) groups is 1. The van der Waals surface area contributed by atoms with Gasteiger partial charge in [0.15, 0.2) is 0 Å². The molecule has 0 amide bonds. The van der Waals surface area contributed by atoms with E-state index in [9.17, 15) is 9.59 Å². The fourth-order valence-electron chi connectivity index (χ4n) is 5.21. The van der Waals surface area contributed by atoms with Gasteiger partial charge in [0.05, 0.1) is 24.6 Å². The summed E-state index contributed by atoms with van der Waals surface area (Å²) < 4.78 is 20.3. The van der Waals surface area contributed by atoms with Gasteiger partial charge in [-0.25, -0.2) is 4.79 Å². The standard InChI is InChI=1S/C37H33N3O5/c1-39-33-22-30(21-26-13-15-27(16-14-26)23-35(41)43-2)17-18-31(33)40(37(39)42)32-19-20-34(44-24-28-9-5-3-6-10-28)38-36(32)45-25-29-11-7-4-8-12-29/h3-20,22H,21,23-25H2,1-2H3. The minimum Gasteiger partial charge on any atom is -0.473 e. The lowest BCUT2D eigenvalue weighted by molar-refractivity contribution is -0.139. The first kappa shape index (κ1) is 29.4. The van der Waals surface area contributed by atoms with Gasteiger partial charge >= 0.3 is 11.7 Å². The van der Waals surface area contributed by atoms with E-state index >= 15 is 0 Å². The molecule has 0 saturated carbocycles. The monoisotopic (exact) mass is 599 g/mol. The maximum atomic E-state index is 13.7. The lowest BCUT2D eigenvalue weighted by atomic mass is 10.0. The van der Waals surface area contributed by atoms with Crippen LogP contribution >= 0.6 is 0 Å². The summed E-state index contributed by atoms with van der Waals surface area (Å²) in [6.07, 6.45) is 0.915. The summed E-state index contributed by atoms with van der Waals surface area (Å²) in [5, 5.41) is 0. The third-order valence-electron chi connectivity index (χ3n) is 7.63. The van der Waals surface area contributed by atoms with Crippen LogP contribution in [-0.4, -0.2) is 27.2 Å². The maximum Gasteiger partial charge on any atom is 0.333 e. The maximum absolute atomic E-state index is 13.7. The van der Waals surface area contributed by atoms with Crippen molar-refractivity contribution in [3.05, 3.63) is 154 Å². The first-order valence-corrected chi connectivity index (χ1v) is 14.7. The number of ether oxygens (including phenoxy) is 3. The number of hydrogen-bond donors (Lipinski definition) is 0. The molecule has 0 fully saturated rings. The van der Waals surface area contributed by atoms with Crippen molar-refractivity contribution in [2.24, 2.45) is 7.05 Å². The Morgan fingerprint density at radius 1 is 0.689 bits per heavy atom. The van der Waals surface area contributed by atoms with E-state index in [0.29, 0.717) is 30.5 Å². The second-order valence-electron chi connectivity index (χ2n) is 10.8. The summed E-state index contributed by atoms with van der Waals surface area (Å²) in [5.74, 6) is 0.436. The lowest BCUT2D eigenvalue weighted by Gasteiger charge is -2.14. The summed E-state index contributed by atoms with van der Waals surface area (Å²) in [4.78, 5) is 30.0. The molecule has 0 saturated heterocycles. The average Bonchev–Trinajstić information content (AvgIpc) is 3.33. The van der Waals surface area contributed by atoms with Crippen LogP contribution in [0.15, 0.2) is 120 Å². The van der Waals surface area contributed by atoms with Crippen molar-refractivity contribution in [2.45, 2.75) is 26.1 Å². The van der Waals surface area contributed by atoms with E-state index < -0.39 is 0 Å². The van der Waals surface area contributed by atoms with E-state index in [-0.39, 0.29) is 24.7 Å². The van der Waals surface area contributed by atoms with Crippen LogP contribution in [-0.2, 0) is 42.6 Å². The molecule has 8 nitrogen and oxygen atoms in total. The molecule has 8 heteroatoms. The largest absolute Gasteiger partial charge is 0.473 e. The summed E-state index contributed by atoms with van der Waals surface area (Å²) in [6, 6.07) is 37.2. The van der Waals surface area contributed by atoms with Crippen LogP contribution in [0, 0.1) is 0 Å². The highest BCUT2D eigenvalue weighted by molar-refractivity contribution is 5.79. The number of imidazole rings is 1. The third kappa shape index (κ3) is 6.80. The molecule has 0 N–H and O–H groups in total. The van der Waals surface area contributed by atoms with E-state index in [1.54, 1.807) is 22.2 Å². The van der Waals surface area contributed by atoms with E-state index in [4.69, 9.17) is 19.2 Å². The highest BCUT2D eigenvalue weighted by Crippen LogP contribution is 2.28. The molecule has 0 atom stereocenters. The van der Waals surface area contributed by atoms with Gasteiger partial charge in [0.25, 0.3) is 0 Å². The summed E-state index contributed by atoms with van der Waals surface area (Å²) in [7, 11) is 3.15. The van der Waals surface area contributed by atoms with Gasteiger partial charge in [-0.05, 0) is 52.4 Å². The molecule has 45 heavy (non-hydrogen) atoms. The van der Waals surface area contributed by atoms with Gasteiger partial charge in [0, 0.05) is 13.1 Å². The summed E-state index contributed by atoms with van der Waals surface area (Å²) in [5.41, 5.74) is 6.90. The molecule has 2 aromatic heterocycles. The summed E-state index contributed by atoms with van der Waals surface area (Å²) >= 11 is 0. The minimum atomic E-state index is -0.267. The van der Waals surface area contributed by atoms with Crippen LogP contribution in [0.3, 0.4) is 0 Å². The van der Waals surface area contributed by atoms with Gasteiger partial charge in [-0.2, -0.15) is 4.98 Å². The molecule has 0 aliphatic heterocycles. The molecule has 0 spiro atoms. The Kier molecular flexibility index (Phi) is 8.73. The number of aromatic nitrogens is 3. The van der Waals surface area contributed by atoms with Crippen LogP contribution in [0.5, 0.6) is 11.8 Å². The van der Waals surface area contributed by atoms with Gasteiger partial charge < -0.3 is 14.2 Å². The molecule has 0 aliphatic carbocycles. The van der Waals surface area contributed by atoms with Gasteiger partial charge in [-0.3, -0.25) is 13.9 Å². The number of benzene rings is 4. The summed E-state index contributed by atoms with van der Waals surface area (Å²) in [6.45, 7) is 0.640. The number of fused-ring (bicyclic) bond motifs is 1. The predicted molar refractivity (Wildman–Crippen MR) is 173 cm³/mol. The number of hydrogen-bond acceptors (Lipinski definition) is 6. The zero-order valence-corrected chi connectivity index (χ0v) is 25.2. The Morgan fingerprint density at radius 2 is 1.31 bits per heavy atom. The SMILES string of the molecule is COC(=O)Cc1ccc(Cc2ccc3c(c2)n(C)c(=O)n3-c2ccc(OCc3ccccc3)nc2OCc2ccccc2)cc1. The van der Waals surface area contributed by atoms with Crippen molar-refractivity contribution < 1.29 is 19.0 Å². The van der Waals surface area contributed by atoms with E-state index in [2.05, 4.69) is 0 Å². The van der Waals surface area contributed by atoms with Crippen LogP contribution in [0.1, 0.15) is 27.8 Å². The number of aryl methyl sites for hydroxylation is 1. The number of rotatable bonds is 11. The molecular formula is C37H33N3O5. The van der Waals surface area contributed by atoms with Crippen molar-refractivity contribution in [3.8, 4) is 17.4 Å².